The molecule has 1 aliphatic rings. The number of benzene rings is 2. The lowest BCUT2D eigenvalue weighted by Crippen LogP contribution is -2.48. The van der Waals surface area contributed by atoms with Crippen LogP contribution in [0.5, 0.6) is 5.75 Å². The largest absolute Gasteiger partial charge is 0.496 e. The van der Waals surface area contributed by atoms with Crippen LogP contribution in [0.2, 0.25) is 5.02 Å². The Balaban J connectivity index is 1.49. The van der Waals surface area contributed by atoms with Crippen molar-refractivity contribution >= 4 is 45.0 Å². The number of amides is 2. The van der Waals surface area contributed by atoms with Gasteiger partial charge in [-0.05, 0) is 88.3 Å². The molecule has 1 N–H and O–H groups in total. The fourth-order valence-electron chi connectivity index (χ4n) is 6.07. The number of hydrogen-bond acceptors (Lipinski definition) is 5. The molecule has 0 bridgehead atoms. The van der Waals surface area contributed by atoms with Gasteiger partial charge in [0.15, 0.2) is 0 Å². The van der Waals surface area contributed by atoms with Crippen molar-refractivity contribution in [1.29, 1.82) is 0 Å². The Morgan fingerprint density at radius 3 is 2.38 bits per heavy atom. The van der Waals surface area contributed by atoms with Gasteiger partial charge in [0.2, 0.25) is 0 Å². The minimum Gasteiger partial charge on any atom is -0.496 e. The van der Waals surface area contributed by atoms with E-state index in [0.717, 1.165) is 40.2 Å². The van der Waals surface area contributed by atoms with Crippen LogP contribution in [0.4, 0.5) is 13.6 Å². The Bertz CT molecular complexity index is 1700. The first-order valence-electron chi connectivity index (χ1n) is 14.8. The van der Waals surface area contributed by atoms with E-state index < -0.39 is 29.2 Å². The summed E-state index contributed by atoms with van der Waals surface area (Å²) in [4.78, 5) is 33.8. The number of hydrogen-bond donors (Lipinski definition) is 1. The van der Waals surface area contributed by atoms with Crippen LogP contribution in [0.15, 0.2) is 54.9 Å². The summed E-state index contributed by atoms with van der Waals surface area (Å²) in [5.41, 5.74) is 2.02. The number of thiophene rings is 1. The van der Waals surface area contributed by atoms with Crippen molar-refractivity contribution in [2.24, 2.45) is 5.92 Å². The molecule has 1 saturated carbocycles. The van der Waals surface area contributed by atoms with Crippen LogP contribution < -0.4 is 4.74 Å². The van der Waals surface area contributed by atoms with E-state index in [2.05, 4.69) is 4.98 Å². The van der Waals surface area contributed by atoms with Crippen molar-refractivity contribution in [1.82, 2.24) is 14.8 Å². The van der Waals surface area contributed by atoms with Gasteiger partial charge in [0.1, 0.15) is 22.3 Å². The number of fused-ring (bicyclic) bond motifs is 1. The lowest BCUT2D eigenvalue weighted by atomic mass is 9.84. The number of rotatable bonds is 8. The third-order valence-electron chi connectivity index (χ3n) is 8.49. The molecule has 2 aromatic heterocycles. The maximum atomic E-state index is 14.8. The summed E-state index contributed by atoms with van der Waals surface area (Å²) in [5.74, 6) is -1.02. The maximum absolute atomic E-state index is 14.8. The summed E-state index contributed by atoms with van der Waals surface area (Å²) in [5, 5.41) is 9.61. The quantitative estimate of drug-likeness (QED) is 0.205. The van der Waals surface area contributed by atoms with Crippen molar-refractivity contribution in [3.63, 3.8) is 0 Å². The summed E-state index contributed by atoms with van der Waals surface area (Å²) in [6.07, 6.45) is 5.18. The van der Waals surface area contributed by atoms with Gasteiger partial charge in [-0.15, -0.1) is 11.3 Å². The topological polar surface area (TPSA) is 83.0 Å². The highest BCUT2D eigenvalue weighted by molar-refractivity contribution is 7.21. The fourth-order valence-corrected chi connectivity index (χ4v) is 7.57. The Hall–Kier alpha value is -3.76. The molecule has 11 heteroatoms. The van der Waals surface area contributed by atoms with Gasteiger partial charge in [-0.3, -0.25) is 9.78 Å². The second-order valence-corrected chi connectivity index (χ2v) is 13.8. The molecular weight excluding hydrogens is 620 g/mol. The van der Waals surface area contributed by atoms with Crippen LogP contribution in [0, 0.1) is 17.6 Å². The van der Waals surface area contributed by atoms with E-state index in [1.807, 2.05) is 51.1 Å². The number of pyridine rings is 1. The van der Waals surface area contributed by atoms with Crippen molar-refractivity contribution in [3.8, 4) is 16.9 Å². The standard InChI is InChI=1S/C34H36ClF2N3O4S/c1-34(2,3)40(33(42)43)18-20-7-10-24(11-8-20)39(32(41)31-29(35)28-25(36)12-13-26(37)30(28)45-31)19-23-16-21(9-14-27(23)44-4)22-6-5-15-38-17-22/h5-6,9,12-17,20,24H,7-8,10-11,18-19H2,1-4H3,(H,42,43). The molecular formula is C34H36ClF2N3O4S. The van der Waals surface area contributed by atoms with E-state index >= 15 is 0 Å². The molecule has 238 valence electrons. The SMILES string of the molecule is COc1ccc(-c2cccnc2)cc1CN(C(=O)c1sc2c(F)ccc(F)c2c1Cl)C1CCC(CN(C(=O)O)C(C)(C)C)CC1. The molecule has 5 rings (SSSR count). The number of carboxylic acid groups (broad SMARTS) is 1. The van der Waals surface area contributed by atoms with Gasteiger partial charge in [-0.1, -0.05) is 23.7 Å². The third kappa shape index (κ3) is 6.92. The smallest absolute Gasteiger partial charge is 0.407 e. The molecule has 0 saturated heterocycles. The zero-order valence-electron chi connectivity index (χ0n) is 25.6. The lowest BCUT2D eigenvalue weighted by Gasteiger charge is -2.40. The Morgan fingerprint density at radius 1 is 1.07 bits per heavy atom. The van der Waals surface area contributed by atoms with Crippen molar-refractivity contribution < 1.29 is 28.2 Å². The molecule has 1 fully saturated rings. The summed E-state index contributed by atoms with van der Waals surface area (Å²) in [7, 11) is 1.57. The normalized spacial score (nSPS) is 16.9. The highest BCUT2D eigenvalue weighted by Crippen LogP contribution is 2.41. The van der Waals surface area contributed by atoms with Gasteiger partial charge in [0.05, 0.1) is 22.2 Å². The van der Waals surface area contributed by atoms with Crippen LogP contribution in [0.3, 0.4) is 0 Å². The van der Waals surface area contributed by atoms with E-state index in [4.69, 9.17) is 16.3 Å². The number of nitrogens with zero attached hydrogens (tertiary/aromatic N) is 3. The van der Waals surface area contributed by atoms with Gasteiger partial charge in [-0.2, -0.15) is 0 Å². The molecule has 7 nitrogen and oxygen atoms in total. The van der Waals surface area contributed by atoms with Crippen LogP contribution in [-0.4, -0.2) is 57.1 Å². The fraction of sp³-hybridized carbons (Fsp3) is 0.382. The van der Waals surface area contributed by atoms with Gasteiger partial charge in [0.25, 0.3) is 5.91 Å². The molecule has 0 radical (unpaired) electrons. The van der Waals surface area contributed by atoms with Crippen molar-refractivity contribution in [2.45, 2.75) is 64.6 Å². The summed E-state index contributed by atoms with van der Waals surface area (Å²) in [6.45, 7) is 6.20. The molecule has 2 amide bonds. The number of aromatic nitrogens is 1. The van der Waals surface area contributed by atoms with Crippen LogP contribution >= 0.6 is 22.9 Å². The van der Waals surface area contributed by atoms with Gasteiger partial charge in [-0.25, -0.2) is 13.6 Å². The number of carbonyl (C=O) groups is 2. The van der Waals surface area contributed by atoms with E-state index in [-0.39, 0.29) is 38.5 Å². The van der Waals surface area contributed by atoms with Gasteiger partial charge in [0, 0.05) is 48.2 Å². The minimum atomic E-state index is -0.958. The summed E-state index contributed by atoms with van der Waals surface area (Å²) >= 11 is 7.45. The van der Waals surface area contributed by atoms with Crippen LogP contribution in [0.1, 0.15) is 61.7 Å². The van der Waals surface area contributed by atoms with Crippen LogP contribution in [-0.2, 0) is 6.54 Å². The third-order valence-corrected chi connectivity index (χ3v) is 10.2. The Labute approximate surface area is 270 Å². The molecule has 0 atom stereocenters. The average Bonchev–Trinajstić information content (AvgIpc) is 3.38. The van der Waals surface area contributed by atoms with E-state index in [0.29, 0.717) is 38.0 Å². The van der Waals surface area contributed by atoms with Gasteiger partial charge < -0.3 is 19.6 Å². The van der Waals surface area contributed by atoms with E-state index in [1.54, 1.807) is 24.4 Å². The first kappa shape index (κ1) is 32.6. The zero-order valence-corrected chi connectivity index (χ0v) is 27.2. The summed E-state index contributed by atoms with van der Waals surface area (Å²) < 4.78 is 35.2. The van der Waals surface area contributed by atoms with Crippen molar-refractivity contribution in [2.75, 3.05) is 13.7 Å². The lowest BCUT2D eigenvalue weighted by molar-refractivity contribution is 0.0535. The molecule has 2 heterocycles. The minimum absolute atomic E-state index is 0.000828. The first-order chi connectivity index (χ1) is 21.4. The van der Waals surface area contributed by atoms with Crippen LogP contribution in [0.25, 0.3) is 21.2 Å². The Kier molecular flexibility index (Phi) is 9.65. The Morgan fingerprint density at radius 2 is 1.78 bits per heavy atom. The maximum Gasteiger partial charge on any atom is 0.407 e. The second kappa shape index (κ2) is 13.3. The number of methoxy groups -OCH3 is 1. The molecule has 2 aromatic carbocycles. The molecule has 0 aliphatic heterocycles. The molecule has 0 unspecified atom stereocenters. The predicted molar refractivity (Wildman–Crippen MR) is 173 cm³/mol. The molecule has 0 spiro atoms. The monoisotopic (exact) mass is 655 g/mol. The number of ether oxygens (including phenoxy) is 1. The first-order valence-corrected chi connectivity index (χ1v) is 16.0. The van der Waals surface area contributed by atoms with E-state index in [1.165, 1.54) is 4.90 Å². The molecule has 4 aromatic rings. The highest BCUT2D eigenvalue weighted by Gasteiger charge is 2.35. The summed E-state index contributed by atoms with van der Waals surface area (Å²) in [6, 6.07) is 11.4. The molecule has 1 aliphatic carbocycles. The predicted octanol–water partition coefficient (Wildman–Crippen LogP) is 8.88. The number of halogens is 3. The number of carbonyl (C=O) groups excluding carboxylic acids is 1. The van der Waals surface area contributed by atoms with Gasteiger partial charge >= 0.3 is 6.09 Å². The zero-order chi connectivity index (χ0) is 32.5. The highest BCUT2D eigenvalue weighted by atomic mass is 35.5. The average molecular weight is 656 g/mol. The molecule has 45 heavy (non-hydrogen) atoms. The second-order valence-electron chi connectivity index (χ2n) is 12.4. The van der Waals surface area contributed by atoms with E-state index in [9.17, 15) is 23.5 Å². The van der Waals surface area contributed by atoms with Crippen molar-refractivity contribution in [3.05, 3.63) is 82.0 Å².